The SMILES string of the molecule is COc1cc(CC2=CNC(N)(C(C)(C)C)N=C2N)c(C(C)C)cc1OC. The molecule has 26 heavy (non-hydrogen) atoms. The van der Waals surface area contributed by atoms with Crippen molar-refractivity contribution in [1.29, 1.82) is 0 Å². The van der Waals surface area contributed by atoms with Crippen molar-refractivity contribution in [2.75, 3.05) is 14.2 Å². The number of aliphatic imine (C=N–C) groups is 1. The zero-order valence-electron chi connectivity index (χ0n) is 16.9. The third-order valence-electron chi connectivity index (χ3n) is 4.88. The van der Waals surface area contributed by atoms with Crippen molar-refractivity contribution >= 4 is 5.84 Å². The average Bonchev–Trinajstić information content (AvgIpc) is 2.55. The monoisotopic (exact) mass is 360 g/mol. The van der Waals surface area contributed by atoms with Crippen molar-refractivity contribution < 1.29 is 9.47 Å². The molecule has 1 aromatic rings. The topological polar surface area (TPSA) is 94.9 Å². The normalized spacial score (nSPS) is 20.3. The molecule has 0 saturated carbocycles. The molecule has 5 N–H and O–H groups in total. The molecule has 0 saturated heterocycles. The zero-order valence-corrected chi connectivity index (χ0v) is 16.9. The van der Waals surface area contributed by atoms with E-state index in [-0.39, 0.29) is 5.41 Å². The molecule has 6 nitrogen and oxygen atoms in total. The first-order valence-corrected chi connectivity index (χ1v) is 8.88. The summed E-state index contributed by atoms with van der Waals surface area (Å²) in [5, 5.41) is 3.23. The van der Waals surface area contributed by atoms with Crippen LogP contribution in [0.2, 0.25) is 0 Å². The second-order valence-electron chi connectivity index (χ2n) is 8.06. The Hall–Kier alpha value is -2.21. The summed E-state index contributed by atoms with van der Waals surface area (Å²) in [7, 11) is 3.28. The number of nitrogens with zero attached hydrogens (tertiary/aromatic N) is 1. The molecule has 0 aromatic heterocycles. The Kier molecular flexibility index (Phi) is 5.56. The minimum atomic E-state index is -0.918. The lowest BCUT2D eigenvalue weighted by atomic mass is 9.86. The standard InChI is InChI=1S/C20H32N4O2/c1-12(2)15-10-17(26-7)16(25-6)9-13(15)8-14-11-23-20(22,19(3,4)5)24-18(14)21/h9-12,23H,8,22H2,1-7H3,(H2,21,24). The van der Waals surface area contributed by atoms with Gasteiger partial charge in [-0.15, -0.1) is 0 Å². The number of benzene rings is 1. The van der Waals surface area contributed by atoms with E-state index in [2.05, 4.69) is 24.2 Å². The summed E-state index contributed by atoms with van der Waals surface area (Å²) in [6.45, 7) is 10.4. The Morgan fingerprint density at radius 1 is 1.15 bits per heavy atom. The Morgan fingerprint density at radius 3 is 2.19 bits per heavy atom. The summed E-state index contributed by atoms with van der Waals surface area (Å²) in [6.07, 6.45) is 2.52. The Morgan fingerprint density at radius 2 is 1.73 bits per heavy atom. The predicted molar refractivity (Wildman–Crippen MR) is 107 cm³/mol. The second-order valence-corrected chi connectivity index (χ2v) is 8.06. The van der Waals surface area contributed by atoms with Crippen LogP contribution in [0.3, 0.4) is 0 Å². The molecule has 1 unspecified atom stereocenters. The largest absolute Gasteiger partial charge is 0.493 e. The summed E-state index contributed by atoms with van der Waals surface area (Å²) in [5.74, 6) is 1.31. The molecule has 0 spiro atoms. The van der Waals surface area contributed by atoms with Crippen LogP contribution in [-0.2, 0) is 6.42 Å². The highest BCUT2D eigenvalue weighted by Gasteiger charge is 2.39. The van der Waals surface area contributed by atoms with Crippen molar-refractivity contribution in [3.8, 4) is 11.5 Å². The maximum absolute atomic E-state index is 6.38. The number of rotatable bonds is 5. The lowest BCUT2D eigenvalue weighted by Gasteiger charge is -2.40. The molecule has 0 fully saturated rings. The van der Waals surface area contributed by atoms with Gasteiger partial charge in [-0.2, -0.15) is 0 Å². The van der Waals surface area contributed by atoms with Crippen LogP contribution in [0, 0.1) is 5.41 Å². The number of hydrogen-bond acceptors (Lipinski definition) is 6. The highest BCUT2D eigenvalue weighted by Crippen LogP contribution is 2.35. The van der Waals surface area contributed by atoms with E-state index in [0.29, 0.717) is 23.9 Å². The van der Waals surface area contributed by atoms with Crippen molar-refractivity contribution in [1.82, 2.24) is 5.32 Å². The predicted octanol–water partition coefficient (Wildman–Crippen LogP) is 2.87. The molecule has 0 bridgehead atoms. The van der Waals surface area contributed by atoms with E-state index >= 15 is 0 Å². The first kappa shape index (κ1) is 20.1. The third kappa shape index (κ3) is 3.80. The van der Waals surface area contributed by atoms with Gasteiger partial charge in [0.05, 0.1) is 14.2 Å². The van der Waals surface area contributed by atoms with Crippen LogP contribution in [0.15, 0.2) is 28.9 Å². The number of methoxy groups -OCH3 is 2. The van der Waals surface area contributed by atoms with Crippen molar-refractivity contribution in [2.24, 2.45) is 21.9 Å². The molecule has 1 aromatic carbocycles. The van der Waals surface area contributed by atoms with Crippen LogP contribution in [-0.4, -0.2) is 25.8 Å². The fourth-order valence-corrected chi connectivity index (χ4v) is 2.92. The van der Waals surface area contributed by atoms with Crippen LogP contribution in [0.4, 0.5) is 0 Å². The van der Waals surface area contributed by atoms with Crippen molar-refractivity contribution in [2.45, 2.75) is 52.7 Å². The van der Waals surface area contributed by atoms with Crippen molar-refractivity contribution in [3.63, 3.8) is 0 Å². The molecule has 6 heteroatoms. The summed E-state index contributed by atoms with van der Waals surface area (Å²) in [4.78, 5) is 4.55. The number of nitrogens with one attached hydrogen (secondary N) is 1. The van der Waals surface area contributed by atoms with Gasteiger partial charge in [-0.3, -0.25) is 5.73 Å². The minimum absolute atomic E-state index is 0.272. The molecule has 144 valence electrons. The number of nitrogens with two attached hydrogens (primary N) is 2. The molecule has 0 radical (unpaired) electrons. The van der Waals surface area contributed by atoms with Gasteiger partial charge in [0.25, 0.3) is 0 Å². The van der Waals surface area contributed by atoms with Crippen LogP contribution in [0.1, 0.15) is 51.7 Å². The van der Waals surface area contributed by atoms with E-state index in [0.717, 1.165) is 16.9 Å². The summed E-state index contributed by atoms with van der Waals surface area (Å²) < 4.78 is 10.9. The summed E-state index contributed by atoms with van der Waals surface area (Å²) in [6, 6.07) is 4.04. The van der Waals surface area contributed by atoms with Crippen LogP contribution >= 0.6 is 0 Å². The van der Waals surface area contributed by atoms with E-state index in [1.807, 2.05) is 39.1 Å². The van der Waals surface area contributed by atoms with E-state index in [9.17, 15) is 0 Å². The van der Waals surface area contributed by atoms with Crippen molar-refractivity contribution in [3.05, 3.63) is 35.0 Å². The Bertz CT molecular complexity index is 732. The Labute approximate surface area is 156 Å². The van der Waals surface area contributed by atoms with Gasteiger partial charge in [0.2, 0.25) is 0 Å². The molecule has 1 heterocycles. The van der Waals surface area contributed by atoms with Crippen LogP contribution in [0.25, 0.3) is 0 Å². The van der Waals surface area contributed by atoms with Crippen LogP contribution < -0.4 is 26.3 Å². The molecule has 1 aliphatic rings. The lowest BCUT2D eigenvalue weighted by Crippen LogP contribution is -2.61. The summed E-state index contributed by atoms with van der Waals surface area (Å²) in [5.41, 5.74) is 15.6. The first-order chi connectivity index (χ1) is 12.0. The zero-order chi connectivity index (χ0) is 19.7. The number of amidine groups is 1. The van der Waals surface area contributed by atoms with Gasteiger partial charge in [-0.05, 0) is 29.2 Å². The smallest absolute Gasteiger partial charge is 0.189 e. The van der Waals surface area contributed by atoms with Gasteiger partial charge >= 0.3 is 0 Å². The second kappa shape index (κ2) is 7.19. The molecule has 2 rings (SSSR count). The van der Waals surface area contributed by atoms with Gasteiger partial charge in [0.15, 0.2) is 17.3 Å². The molecular weight excluding hydrogens is 328 g/mol. The quantitative estimate of drug-likeness (QED) is 0.750. The third-order valence-corrected chi connectivity index (χ3v) is 4.88. The number of hydrogen-bond donors (Lipinski definition) is 3. The van der Waals surface area contributed by atoms with E-state index in [4.69, 9.17) is 20.9 Å². The highest BCUT2D eigenvalue weighted by atomic mass is 16.5. The maximum Gasteiger partial charge on any atom is 0.189 e. The fourth-order valence-electron chi connectivity index (χ4n) is 2.92. The number of ether oxygens (including phenoxy) is 2. The van der Waals surface area contributed by atoms with E-state index < -0.39 is 5.79 Å². The first-order valence-electron chi connectivity index (χ1n) is 8.88. The van der Waals surface area contributed by atoms with Gasteiger partial charge in [-0.1, -0.05) is 34.6 Å². The van der Waals surface area contributed by atoms with Gasteiger partial charge < -0.3 is 20.5 Å². The molecule has 1 atom stereocenters. The lowest BCUT2D eigenvalue weighted by molar-refractivity contribution is 0.168. The molecule has 0 aliphatic carbocycles. The Balaban J connectivity index is 2.39. The average molecular weight is 361 g/mol. The van der Waals surface area contributed by atoms with E-state index in [1.54, 1.807) is 14.2 Å². The van der Waals surface area contributed by atoms with Gasteiger partial charge in [-0.25, -0.2) is 4.99 Å². The minimum Gasteiger partial charge on any atom is -0.493 e. The van der Waals surface area contributed by atoms with Gasteiger partial charge in [0.1, 0.15) is 5.84 Å². The van der Waals surface area contributed by atoms with Gasteiger partial charge in [0, 0.05) is 23.6 Å². The van der Waals surface area contributed by atoms with E-state index in [1.165, 1.54) is 5.56 Å². The molecule has 0 amide bonds. The maximum atomic E-state index is 6.38. The van der Waals surface area contributed by atoms with Crippen LogP contribution in [0.5, 0.6) is 11.5 Å². The fraction of sp³-hybridized carbons (Fsp3) is 0.550. The summed E-state index contributed by atoms with van der Waals surface area (Å²) >= 11 is 0. The molecule has 1 aliphatic heterocycles. The highest BCUT2D eigenvalue weighted by molar-refractivity contribution is 5.98. The molecular formula is C20H32N4O2.